The summed E-state index contributed by atoms with van der Waals surface area (Å²) in [5.41, 5.74) is 3.39. The van der Waals surface area contributed by atoms with Gasteiger partial charge in [0.05, 0.1) is 39.1 Å². The zero-order valence-electron chi connectivity index (χ0n) is 22.4. The van der Waals surface area contributed by atoms with E-state index in [-0.39, 0.29) is 22.9 Å². The molecule has 1 saturated heterocycles. The third kappa shape index (κ3) is 4.61. The molecule has 0 bridgehead atoms. The molecule has 2 unspecified atom stereocenters. The Kier molecular flexibility index (Phi) is 7.09. The molecular weight excluding hydrogens is 594 g/mol. The molecule has 3 N–H and O–H groups in total. The maximum absolute atomic E-state index is 14.0. The number of nitriles is 1. The number of benzene rings is 1. The minimum Gasteiger partial charge on any atom is -0.481 e. The molecule has 10 nitrogen and oxygen atoms in total. The van der Waals surface area contributed by atoms with Crippen LogP contribution >= 0.6 is 11.6 Å². The van der Waals surface area contributed by atoms with Crippen molar-refractivity contribution < 1.29 is 36.7 Å². The quantitative estimate of drug-likeness (QED) is 0.475. The van der Waals surface area contributed by atoms with Crippen LogP contribution in [0.3, 0.4) is 0 Å². The molecule has 1 aromatic heterocycles. The molecular formula is C28H27ClF2N4O6S. The zero-order valence-corrected chi connectivity index (χ0v) is 24.0. The van der Waals surface area contributed by atoms with Gasteiger partial charge in [-0.15, -0.1) is 0 Å². The van der Waals surface area contributed by atoms with Gasteiger partial charge < -0.3 is 15.7 Å². The van der Waals surface area contributed by atoms with Crippen LogP contribution in [0.4, 0.5) is 8.78 Å². The van der Waals surface area contributed by atoms with Gasteiger partial charge in [0.15, 0.2) is 9.84 Å². The summed E-state index contributed by atoms with van der Waals surface area (Å²) >= 11 is 6.46. The van der Waals surface area contributed by atoms with Gasteiger partial charge in [-0.05, 0) is 61.6 Å². The van der Waals surface area contributed by atoms with Gasteiger partial charge in [-0.3, -0.25) is 19.4 Å². The van der Waals surface area contributed by atoms with Crippen LogP contribution in [0.25, 0.3) is 11.1 Å². The minimum absolute atomic E-state index is 0.133. The van der Waals surface area contributed by atoms with Crippen molar-refractivity contribution in [2.75, 3.05) is 13.1 Å². The molecule has 2 amide bonds. The average molecular weight is 621 g/mol. The summed E-state index contributed by atoms with van der Waals surface area (Å²) in [5, 5.41) is 18.7. The van der Waals surface area contributed by atoms with Gasteiger partial charge in [0.25, 0.3) is 5.92 Å². The number of carbonyl (C=O) groups is 3. The first-order valence-corrected chi connectivity index (χ1v) is 15.1. The van der Waals surface area contributed by atoms with Gasteiger partial charge in [-0.1, -0.05) is 17.7 Å². The number of hydrogen-bond acceptors (Lipinski definition) is 7. The Morgan fingerprint density at radius 2 is 1.88 bits per heavy atom. The Balaban J connectivity index is 1.56. The summed E-state index contributed by atoms with van der Waals surface area (Å²) in [6, 6.07) is 9.55. The summed E-state index contributed by atoms with van der Waals surface area (Å²) in [7, 11) is -4.39. The molecule has 5 rings (SSSR count). The first-order valence-electron chi connectivity index (χ1n) is 13.2. The van der Waals surface area contributed by atoms with E-state index >= 15 is 0 Å². The molecule has 222 valence electrons. The number of sulfone groups is 1. The van der Waals surface area contributed by atoms with E-state index in [1.165, 1.54) is 18.2 Å². The number of nitrogens with zero attached hydrogens (tertiary/aromatic N) is 3. The smallest absolute Gasteiger partial charge is 0.310 e. The highest BCUT2D eigenvalue weighted by molar-refractivity contribution is 7.92. The second-order valence-corrected chi connectivity index (χ2v) is 14.0. The number of alkyl halides is 2. The monoisotopic (exact) mass is 620 g/mol. The van der Waals surface area contributed by atoms with Crippen molar-refractivity contribution in [1.82, 2.24) is 9.88 Å². The summed E-state index contributed by atoms with van der Waals surface area (Å²) in [4.78, 5) is 43.6. The van der Waals surface area contributed by atoms with Crippen molar-refractivity contribution in [3.8, 4) is 17.2 Å². The fourth-order valence-corrected chi connectivity index (χ4v) is 9.09. The highest BCUT2D eigenvalue weighted by atomic mass is 35.5. The Hall–Kier alpha value is -3.63. The van der Waals surface area contributed by atoms with Gasteiger partial charge in [0.2, 0.25) is 11.8 Å². The van der Waals surface area contributed by atoms with E-state index < -0.39 is 87.3 Å². The predicted octanol–water partition coefficient (Wildman–Crippen LogP) is 3.22. The first kappa shape index (κ1) is 29.8. The molecule has 5 atom stereocenters. The highest BCUT2D eigenvalue weighted by Gasteiger charge is 2.76. The molecule has 2 saturated carbocycles. The van der Waals surface area contributed by atoms with Crippen molar-refractivity contribution in [3.05, 3.63) is 47.2 Å². The number of carboxylic acid groups (broad SMARTS) is 1. The fourth-order valence-electron chi connectivity index (χ4n) is 6.70. The fraction of sp³-hybridized carbons (Fsp3) is 0.464. The van der Waals surface area contributed by atoms with E-state index in [1.807, 2.05) is 0 Å². The lowest BCUT2D eigenvalue weighted by molar-refractivity contribution is -0.160. The number of aliphatic carboxylic acids is 1. The van der Waals surface area contributed by atoms with Crippen LogP contribution in [0.5, 0.6) is 0 Å². The van der Waals surface area contributed by atoms with Crippen LogP contribution < -0.4 is 5.73 Å². The van der Waals surface area contributed by atoms with Gasteiger partial charge in [0.1, 0.15) is 5.41 Å². The Morgan fingerprint density at radius 3 is 2.40 bits per heavy atom. The van der Waals surface area contributed by atoms with Crippen molar-refractivity contribution in [1.29, 1.82) is 5.26 Å². The molecule has 2 aliphatic carbocycles. The molecule has 42 heavy (non-hydrogen) atoms. The molecule has 2 heterocycles. The number of primary amides is 1. The van der Waals surface area contributed by atoms with Crippen LogP contribution in [0, 0.1) is 40.9 Å². The number of hydrogen-bond donors (Lipinski definition) is 2. The molecule has 0 spiro atoms. The molecule has 3 fully saturated rings. The maximum atomic E-state index is 14.0. The lowest BCUT2D eigenvalue weighted by Crippen LogP contribution is -2.48. The number of aromatic nitrogens is 1. The molecule has 14 heteroatoms. The number of pyridine rings is 1. The summed E-state index contributed by atoms with van der Waals surface area (Å²) in [6.07, 6.45) is -0.480. The van der Waals surface area contributed by atoms with Crippen molar-refractivity contribution in [2.45, 2.75) is 48.7 Å². The largest absolute Gasteiger partial charge is 0.481 e. The molecule has 1 aliphatic heterocycles. The summed E-state index contributed by atoms with van der Waals surface area (Å²) in [6.45, 7) is 0.501. The van der Waals surface area contributed by atoms with Gasteiger partial charge in [-0.25, -0.2) is 17.2 Å². The Bertz CT molecular complexity index is 1660. The number of nitrogens with two attached hydrogens (primary N) is 1. The number of likely N-dealkylation sites (tertiary alicyclic amines) is 1. The van der Waals surface area contributed by atoms with E-state index in [1.54, 1.807) is 31.3 Å². The predicted molar refractivity (Wildman–Crippen MR) is 145 cm³/mol. The molecule has 0 radical (unpaired) electrons. The van der Waals surface area contributed by atoms with Gasteiger partial charge in [0, 0.05) is 30.8 Å². The minimum atomic E-state index is -4.39. The van der Waals surface area contributed by atoms with Crippen LogP contribution in [-0.4, -0.2) is 65.5 Å². The lowest BCUT2D eigenvalue weighted by Gasteiger charge is -2.34. The van der Waals surface area contributed by atoms with E-state index in [2.05, 4.69) is 4.98 Å². The van der Waals surface area contributed by atoms with Crippen LogP contribution in [0.15, 0.2) is 41.4 Å². The molecule has 3 aliphatic rings. The number of halogens is 3. The van der Waals surface area contributed by atoms with Crippen LogP contribution in [-0.2, 0) is 24.2 Å². The Labute approximate surface area is 245 Å². The second kappa shape index (κ2) is 9.98. The maximum Gasteiger partial charge on any atom is 0.310 e. The first-order chi connectivity index (χ1) is 19.6. The average Bonchev–Trinajstić information content (AvgIpc) is 3.37. The molecule has 2 aromatic rings. The second-order valence-electron chi connectivity index (χ2n) is 11.4. The van der Waals surface area contributed by atoms with E-state index in [0.717, 1.165) is 16.2 Å². The molecule has 1 aromatic carbocycles. The lowest BCUT2D eigenvalue weighted by atomic mass is 9.70. The number of aryl methyl sites for hydroxylation is 1. The third-order valence-electron chi connectivity index (χ3n) is 8.99. The van der Waals surface area contributed by atoms with Gasteiger partial charge >= 0.3 is 5.97 Å². The Morgan fingerprint density at radius 1 is 1.19 bits per heavy atom. The standard InChI is InChI=1S/C28H27ClF2N4O6S/c1-15-8-17(4-6-34-15)16-2-3-21(20(29)9-16)42(40,41)18-10-19(23(36)35-7-5-27(30,31)14-35)28(11-18,25(38)39)22-12-26(22,13-32)24(33)37/h2-4,6,8-9,18-19,22H,5,7,10-12,14H2,1H3,(H2,33,37)(H,38,39)/t18-,19+,22?,26?,28+/m1/s1. The van der Waals surface area contributed by atoms with Gasteiger partial charge in [-0.2, -0.15) is 5.26 Å². The normalized spacial score (nSPS) is 30.1. The third-order valence-corrected chi connectivity index (χ3v) is 11.6. The van der Waals surface area contributed by atoms with E-state index in [4.69, 9.17) is 17.3 Å². The van der Waals surface area contributed by atoms with E-state index in [0.29, 0.717) is 5.56 Å². The number of amides is 2. The summed E-state index contributed by atoms with van der Waals surface area (Å²) < 4.78 is 56.0. The highest BCUT2D eigenvalue weighted by Crippen LogP contribution is 2.68. The van der Waals surface area contributed by atoms with Crippen molar-refractivity contribution >= 4 is 39.2 Å². The van der Waals surface area contributed by atoms with Crippen molar-refractivity contribution in [3.63, 3.8) is 0 Å². The number of carbonyl (C=O) groups excluding carboxylic acids is 2. The summed E-state index contributed by atoms with van der Waals surface area (Å²) in [5.74, 6) is -9.70. The van der Waals surface area contributed by atoms with Crippen molar-refractivity contribution in [2.24, 2.45) is 28.4 Å². The van der Waals surface area contributed by atoms with Crippen LogP contribution in [0.2, 0.25) is 5.02 Å². The number of carboxylic acids is 1. The van der Waals surface area contributed by atoms with Crippen LogP contribution in [0.1, 0.15) is 31.4 Å². The number of rotatable bonds is 7. The SMILES string of the molecule is Cc1cc(-c2ccc(S(=O)(=O)[C@@H]3C[C@@H](C(=O)N4CCC(F)(F)C4)[C@](C(=O)O)(C4CC4(C#N)C(N)=O)C3)c(Cl)c2)ccn1. The van der Waals surface area contributed by atoms with E-state index in [9.17, 15) is 42.0 Å². The zero-order chi connectivity index (χ0) is 30.8. The topological polar surface area (TPSA) is 172 Å².